The summed E-state index contributed by atoms with van der Waals surface area (Å²) in [6, 6.07) is 14.4. The van der Waals surface area contributed by atoms with E-state index in [4.69, 9.17) is 9.84 Å². The summed E-state index contributed by atoms with van der Waals surface area (Å²) >= 11 is 0. The molecule has 1 aliphatic heterocycles. The second kappa shape index (κ2) is 8.50. The predicted molar refractivity (Wildman–Crippen MR) is 103 cm³/mol. The first kappa shape index (κ1) is 20.0. The van der Waals surface area contributed by atoms with Crippen LogP contribution >= 0.6 is 0 Å². The molecule has 0 unspecified atom stereocenters. The van der Waals surface area contributed by atoms with Gasteiger partial charge in [0, 0.05) is 0 Å². The van der Waals surface area contributed by atoms with Crippen LogP contribution in [-0.2, 0) is 17.6 Å². The molecule has 1 aliphatic rings. The molecule has 5 nitrogen and oxygen atoms in total. The smallest absolute Gasteiger partial charge is 0.115 e. The molecule has 0 aromatic heterocycles. The highest BCUT2D eigenvalue weighted by Crippen LogP contribution is 2.35. The van der Waals surface area contributed by atoms with Gasteiger partial charge in [0.15, 0.2) is 0 Å². The lowest BCUT2D eigenvalue weighted by atomic mass is 9.94. The average Bonchev–Trinajstić information content (AvgIpc) is 2.98. The molecular formula is C22H28O5. The van der Waals surface area contributed by atoms with E-state index in [1.54, 1.807) is 0 Å². The van der Waals surface area contributed by atoms with Crippen LogP contribution in [0.15, 0.2) is 42.5 Å². The number of hydrogen-bond acceptors (Lipinski definition) is 5. The standard InChI is InChI=1S/C22H28O5/c1-3-14-5-7-15(8-6-14)10-17-11-16(9-4-13(17)2)21-19(25)20(26)22(27-21)18(24)12-23/h4-9,11,18-26H,3,10,12H2,1-2H3/t18-,19-,20-,21+,22-/m1/s1. The summed E-state index contributed by atoms with van der Waals surface area (Å²) in [6.07, 6.45) is -3.62. The quantitative estimate of drug-likeness (QED) is 0.619. The lowest BCUT2D eigenvalue weighted by Gasteiger charge is -2.19. The van der Waals surface area contributed by atoms with Crippen molar-refractivity contribution in [2.75, 3.05) is 6.61 Å². The second-order valence-electron chi connectivity index (χ2n) is 7.29. The Morgan fingerprint density at radius 2 is 1.67 bits per heavy atom. The molecule has 5 atom stereocenters. The Balaban J connectivity index is 1.82. The van der Waals surface area contributed by atoms with Crippen LogP contribution in [0, 0.1) is 6.92 Å². The number of benzene rings is 2. The Morgan fingerprint density at radius 1 is 1.00 bits per heavy atom. The molecule has 0 amide bonds. The Labute approximate surface area is 159 Å². The van der Waals surface area contributed by atoms with Crippen molar-refractivity contribution in [1.82, 2.24) is 0 Å². The Hall–Kier alpha value is -1.76. The first-order chi connectivity index (χ1) is 12.9. The van der Waals surface area contributed by atoms with E-state index in [2.05, 4.69) is 31.2 Å². The number of aryl methyl sites for hydroxylation is 2. The summed E-state index contributed by atoms with van der Waals surface area (Å²) < 4.78 is 5.69. The third-order valence-electron chi connectivity index (χ3n) is 5.39. The highest BCUT2D eigenvalue weighted by atomic mass is 16.6. The van der Waals surface area contributed by atoms with E-state index >= 15 is 0 Å². The van der Waals surface area contributed by atoms with Crippen LogP contribution in [0.25, 0.3) is 0 Å². The normalized spacial score (nSPS) is 26.3. The van der Waals surface area contributed by atoms with Gasteiger partial charge in [-0.2, -0.15) is 0 Å². The molecule has 3 rings (SSSR count). The van der Waals surface area contributed by atoms with E-state index in [0.29, 0.717) is 0 Å². The van der Waals surface area contributed by atoms with Crippen LogP contribution < -0.4 is 0 Å². The molecular weight excluding hydrogens is 344 g/mol. The molecule has 0 spiro atoms. The van der Waals surface area contributed by atoms with Gasteiger partial charge in [-0.1, -0.05) is 49.4 Å². The second-order valence-corrected chi connectivity index (χ2v) is 7.29. The van der Waals surface area contributed by atoms with E-state index in [-0.39, 0.29) is 0 Å². The third-order valence-corrected chi connectivity index (χ3v) is 5.39. The number of ether oxygens (including phenoxy) is 1. The van der Waals surface area contributed by atoms with Gasteiger partial charge in [0.05, 0.1) is 6.61 Å². The molecule has 0 bridgehead atoms. The van der Waals surface area contributed by atoms with Crippen molar-refractivity contribution in [3.63, 3.8) is 0 Å². The Morgan fingerprint density at radius 3 is 2.30 bits per heavy atom. The fourth-order valence-corrected chi connectivity index (χ4v) is 3.57. The van der Waals surface area contributed by atoms with Gasteiger partial charge in [-0.15, -0.1) is 0 Å². The summed E-state index contributed by atoms with van der Waals surface area (Å²) in [4.78, 5) is 0. The molecule has 146 valence electrons. The minimum Gasteiger partial charge on any atom is -0.394 e. The van der Waals surface area contributed by atoms with Gasteiger partial charge >= 0.3 is 0 Å². The zero-order valence-corrected chi connectivity index (χ0v) is 15.7. The Kier molecular flexibility index (Phi) is 6.29. The lowest BCUT2D eigenvalue weighted by Crippen LogP contribution is -2.40. The molecule has 1 saturated heterocycles. The molecule has 0 radical (unpaired) electrons. The number of rotatable bonds is 6. The maximum Gasteiger partial charge on any atom is 0.115 e. The van der Waals surface area contributed by atoms with Crippen LogP contribution in [0.2, 0.25) is 0 Å². The van der Waals surface area contributed by atoms with Gasteiger partial charge in [0.1, 0.15) is 30.5 Å². The number of aliphatic hydroxyl groups excluding tert-OH is 4. The largest absolute Gasteiger partial charge is 0.394 e. The SMILES string of the molecule is CCc1ccc(Cc2cc([C@@H]3O[C@H]([C@H](O)CO)[C@H](O)[C@H]3O)ccc2C)cc1. The maximum atomic E-state index is 10.4. The topological polar surface area (TPSA) is 90.2 Å². The van der Waals surface area contributed by atoms with Gasteiger partial charge < -0.3 is 25.2 Å². The van der Waals surface area contributed by atoms with Crippen LogP contribution in [-0.4, -0.2) is 51.4 Å². The van der Waals surface area contributed by atoms with E-state index < -0.39 is 37.1 Å². The summed E-state index contributed by atoms with van der Waals surface area (Å²) in [5, 5.41) is 39.4. The van der Waals surface area contributed by atoms with Gasteiger partial charge in [-0.3, -0.25) is 0 Å². The van der Waals surface area contributed by atoms with Crippen LogP contribution in [0.4, 0.5) is 0 Å². The van der Waals surface area contributed by atoms with E-state index in [0.717, 1.165) is 29.5 Å². The van der Waals surface area contributed by atoms with E-state index in [9.17, 15) is 15.3 Å². The van der Waals surface area contributed by atoms with Gasteiger partial charge in [-0.05, 0) is 47.6 Å². The van der Waals surface area contributed by atoms with Gasteiger partial charge in [-0.25, -0.2) is 0 Å². The molecule has 0 aliphatic carbocycles. The van der Waals surface area contributed by atoms with E-state index in [1.165, 1.54) is 11.1 Å². The Bertz CT molecular complexity index is 758. The monoisotopic (exact) mass is 372 g/mol. The number of aliphatic hydroxyl groups is 4. The minimum absolute atomic E-state index is 0.534. The first-order valence-corrected chi connectivity index (χ1v) is 9.42. The fraction of sp³-hybridized carbons (Fsp3) is 0.455. The van der Waals surface area contributed by atoms with Crippen molar-refractivity contribution < 1.29 is 25.2 Å². The van der Waals surface area contributed by atoms with Crippen molar-refractivity contribution >= 4 is 0 Å². The minimum atomic E-state index is -1.25. The van der Waals surface area contributed by atoms with Crippen LogP contribution in [0.1, 0.15) is 40.8 Å². The fourth-order valence-electron chi connectivity index (χ4n) is 3.57. The third kappa shape index (κ3) is 4.23. The van der Waals surface area contributed by atoms with Gasteiger partial charge in [0.25, 0.3) is 0 Å². The zero-order chi connectivity index (χ0) is 19.6. The summed E-state index contributed by atoms with van der Waals surface area (Å²) in [5.41, 5.74) is 5.51. The van der Waals surface area contributed by atoms with Crippen LogP contribution in [0.3, 0.4) is 0 Å². The lowest BCUT2D eigenvalue weighted by molar-refractivity contribution is -0.0820. The predicted octanol–water partition coefficient (Wildman–Crippen LogP) is 1.66. The molecule has 2 aromatic rings. The summed E-state index contributed by atoms with van der Waals surface area (Å²) in [6.45, 7) is 3.64. The van der Waals surface area contributed by atoms with Crippen molar-refractivity contribution in [2.45, 2.75) is 57.2 Å². The molecule has 4 N–H and O–H groups in total. The molecule has 27 heavy (non-hydrogen) atoms. The zero-order valence-electron chi connectivity index (χ0n) is 15.7. The van der Waals surface area contributed by atoms with Crippen molar-refractivity contribution in [3.05, 3.63) is 70.3 Å². The highest BCUT2D eigenvalue weighted by molar-refractivity contribution is 5.37. The number of hydrogen-bond donors (Lipinski definition) is 4. The molecule has 1 heterocycles. The van der Waals surface area contributed by atoms with Gasteiger partial charge in [0.2, 0.25) is 0 Å². The highest BCUT2D eigenvalue weighted by Gasteiger charge is 2.46. The van der Waals surface area contributed by atoms with Crippen molar-refractivity contribution in [2.24, 2.45) is 0 Å². The van der Waals surface area contributed by atoms with Crippen LogP contribution in [0.5, 0.6) is 0 Å². The molecule has 1 fully saturated rings. The average molecular weight is 372 g/mol. The van der Waals surface area contributed by atoms with Crippen molar-refractivity contribution in [3.8, 4) is 0 Å². The molecule has 5 heteroatoms. The summed E-state index contributed by atoms with van der Waals surface area (Å²) in [7, 11) is 0. The molecule has 2 aromatic carbocycles. The van der Waals surface area contributed by atoms with E-state index in [1.807, 2.05) is 25.1 Å². The summed E-state index contributed by atoms with van der Waals surface area (Å²) in [5.74, 6) is 0. The maximum absolute atomic E-state index is 10.4. The van der Waals surface area contributed by atoms with Crippen molar-refractivity contribution in [1.29, 1.82) is 0 Å². The first-order valence-electron chi connectivity index (χ1n) is 9.42. The molecule has 0 saturated carbocycles.